The standard InChI is InChI=1S/C12H12FNO3/c1-2-17-11(15)6-3-8-7-9(13)4-5-10(8)12(14)16/h3-7H,2H2,1H3,(H2,14,16). The number of amides is 1. The van der Waals surface area contributed by atoms with E-state index >= 15 is 0 Å². The van der Waals surface area contributed by atoms with E-state index in [9.17, 15) is 14.0 Å². The number of carbonyl (C=O) groups excluding carboxylic acids is 2. The first-order chi connectivity index (χ1) is 8.04. The molecule has 90 valence electrons. The van der Waals surface area contributed by atoms with Crippen molar-refractivity contribution >= 4 is 18.0 Å². The average molecular weight is 237 g/mol. The van der Waals surface area contributed by atoms with E-state index in [-0.39, 0.29) is 17.7 Å². The van der Waals surface area contributed by atoms with Crippen LogP contribution in [0.3, 0.4) is 0 Å². The minimum absolute atomic E-state index is 0.145. The summed E-state index contributed by atoms with van der Waals surface area (Å²) >= 11 is 0. The molecule has 0 spiro atoms. The molecule has 0 heterocycles. The van der Waals surface area contributed by atoms with Crippen LogP contribution < -0.4 is 5.73 Å². The number of rotatable bonds is 4. The van der Waals surface area contributed by atoms with Crippen molar-refractivity contribution < 1.29 is 18.7 Å². The summed E-state index contributed by atoms with van der Waals surface area (Å²) in [6, 6.07) is 3.51. The third kappa shape index (κ3) is 3.71. The maximum absolute atomic E-state index is 13.0. The Morgan fingerprint density at radius 2 is 2.18 bits per heavy atom. The Balaban J connectivity index is 3.00. The van der Waals surface area contributed by atoms with Crippen molar-refractivity contribution in [3.8, 4) is 0 Å². The second kappa shape index (κ2) is 5.79. The van der Waals surface area contributed by atoms with Crippen LogP contribution in [-0.2, 0) is 9.53 Å². The van der Waals surface area contributed by atoms with Crippen LogP contribution in [0.1, 0.15) is 22.8 Å². The summed E-state index contributed by atoms with van der Waals surface area (Å²) in [4.78, 5) is 22.1. The van der Waals surface area contributed by atoms with Crippen molar-refractivity contribution in [2.24, 2.45) is 5.73 Å². The Kier molecular flexibility index (Phi) is 4.39. The molecule has 1 aromatic carbocycles. The number of nitrogens with two attached hydrogens (primary N) is 1. The van der Waals surface area contributed by atoms with Crippen LogP contribution in [0.4, 0.5) is 4.39 Å². The van der Waals surface area contributed by atoms with Crippen LogP contribution in [0.5, 0.6) is 0 Å². The van der Waals surface area contributed by atoms with Gasteiger partial charge in [-0.3, -0.25) is 4.79 Å². The molecule has 1 amide bonds. The first kappa shape index (κ1) is 12.9. The van der Waals surface area contributed by atoms with Crippen molar-refractivity contribution in [2.45, 2.75) is 6.92 Å². The van der Waals surface area contributed by atoms with Gasteiger partial charge in [-0.25, -0.2) is 9.18 Å². The SMILES string of the molecule is CCOC(=O)C=Cc1cc(F)ccc1C(N)=O. The molecule has 0 radical (unpaired) electrons. The van der Waals surface area contributed by atoms with Gasteiger partial charge in [-0.2, -0.15) is 0 Å². The summed E-state index contributed by atoms with van der Waals surface area (Å²) in [5.41, 5.74) is 5.50. The van der Waals surface area contributed by atoms with E-state index in [1.54, 1.807) is 6.92 Å². The lowest BCUT2D eigenvalue weighted by molar-refractivity contribution is -0.137. The molecule has 5 heteroatoms. The summed E-state index contributed by atoms with van der Waals surface area (Å²) in [5.74, 6) is -1.76. The van der Waals surface area contributed by atoms with Gasteiger partial charge in [-0.1, -0.05) is 0 Å². The predicted molar refractivity (Wildman–Crippen MR) is 60.6 cm³/mol. The Hall–Kier alpha value is -2.17. The molecule has 4 nitrogen and oxygen atoms in total. The van der Waals surface area contributed by atoms with Gasteiger partial charge in [0.25, 0.3) is 0 Å². The average Bonchev–Trinajstić information content (AvgIpc) is 2.26. The maximum atomic E-state index is 13.0. The zero-order valence-electron chi connectivity index (χ0n) is 9.27. The molecule has 0 bridgehead atoms. The first-order valence-electron chi connectivity index (χ1n) is 4.98. The minimum Gasteiger partial charge on any atom is -0.463 e. The maximum Gasteiger partial charge on any atom is 0.330 e. The molecule has 1 rings (SSSR count). The molecule has 17 heavy (non-hydrogen) atoms. The van der Waals surface area contributed by atoms with Gasteiger partial charge in [0.15, 0.2) is 0 Å². The number of benzene rings is 1. The van der Waals surface area contributed by atoms with Crippen LogP contribution >= 0.6 is 0 Å². The fourth-order valence-electron chi connectivity index (χ4n) is 1.24. The molecule has 0 aromatic heterocycles. The van der Waals surface area contributed by atoms with E-state index in [1.807, 2.05) is 0 Å². The van der Waals surface area contributed by atoms with Crippen molar-refractivity contribution in [1.82, 2.24) is 0 Å². The molecule has 0 fully saturated rings. The number of ether oxygens (including phenoxy) is 1. The van der Waals surface area contributed by atoms with Crippen LogP contribution in [-0.4, -0.2) is 18.5 Å². The number of hydrogen-bond donors (Lipinski definition) is 1. The lowest BCUT2D eigenvalue weighted by Gasteiger charge is -2.02. The third-order valence-electron chi connectivity index (χ3n) is 1.96. The quantitative estimate of drug-likeness (QED) is 0.637. The van der Waals surface area contributed by atoms with Crippen LogP contribution in [0.2, 0.25) is 0 Å². The number of esters is 1. The van der Waals surface area contributed by atoms with Crippen molar-refractivity contribution in [2.75, 3.05) is 6.61 Å². The van der Waals surface area contributed by atoms with E-state index in [0.29, 0.717) is 0 Å². The van der Waals surface area contributed by atoms with Gasteiger partial charge in [0.1, 0.15) is 5.82 Å². The molecule has 0 aliphatic rings. The Morgan fingerprint density at radius 1 is 1.47 bits per heavy atom. The molecular weight excluding hydrogens is 225 g/mol. The number of carbonyl (C=O) groups is 2. The molecule has 1 aromatic rings. The normalized spacial score (nSPS) is 10.5. The van der Waals surface area contributed by atoms with Crippen molar-refractivity contribution in [3.05, 3.63) is 41.2 Å². The molecule has 0 atom stereocenters. The molecule has 0 unspecified atom stereocenters. The summed E-state index contributed by atoms with van der Waals surface area (Å²) in [6.07, 6.45) is 2.41. The predicted octanol–water partition coefficient (Wildman–Crippen LogP) is 1.50. The highest BCUT2D eigenvalue weighted by atomic mass is 19.1. The van der Waals surface area contributed by atoms with Crippen LogP contribution in [0.15, 0.2) is 24.3 Å². The van der Waals surface area contributed by atoms with E-state index in [4.69, 9.17) is 5.73 Å². The second-order valence-electron chi connectivity index (χ2n) is 3.18. The zero-order chi connectivity index (χ0) is 12.8. The Bertz CT molecular complexity index is 469. The smallest absolute Gasteiger partial charge is 0.330 e. The number of primary amides is 1. The van der Waals surface area contributed by atoms with Gasteiger partial charge >= 0.3 is 5.97 Å². The van der Waals surface area contributed by atoms with E-state index in [2.05, 4.69) is 4.74 Å². The fourth-order valence-corrected chi connectivity index (χ4v) is 1.24. The molecule has 2 N–H and O–H groups in total. The topological polar surface area (TPSA) is 69.4 Å². The van der Waals surface area contributed by atoms with Gasteiger partial charge < -0.3 is 10.5 Å². The van der Waals surface area contributed by atoms with Gasteiger partial charge in [0.05, 0.1) is 6.61 Å². The van der Waals surface area contributed by atoms with Gasteiger partial charge in [0.2, 0.25) is 5.91 Å². The largest absolute Gasteiger partial charge is 0.463 e. The lowest BCUT2D eigenvalue weighted by atomic mass is 10.1. The monoisotopic (exact) mass is 237 g/mol. The summed E-state index contributed by atoms with van der Waals surface area (Å²) in [7, 11) is 0. The highest BCUT2D eigenvalue weighted by molar-refractivity contribution is 5.98. The van der Waals surface area contributed by atoms with Crippen LogP contribution in [0, 0.1) is 5.82 Å². The molecule has 0 aliphatic carbocycles. The Labute approximate surface area is 97.9 Å². The Morgan fingerprint density at radius 3 is 2.76 bits per heavy atom. The molecule has 0 saturated heterocycles. The van der Waals surface area contributed by atoms with Crippen molar-refractivity contribution in [1.29, 1.82) is 0 Å². The van der Waals surface area contributed by atoms with Crippen molar-refractivity contribution in [3.63, 3.8) is 0 Å². The van der Waals surface area contributed by atoms with E-state index in [0.717, 1.165) is 18.2 Å². The third-order valence-corrected chi connectivity index (χ3v) is 1.96. The molecule has 0 saturated carbocycles. The van der Waals surface area contributed by atoms with Gasteiger partial charge in [-0.15, -0.1) is 0 Å². The second-order valence-corrected chi connectivity index (χ2v) is 3.18. The molecule has 0 aliphatic heterocycles. The highest BCUT2D eigenvalue weighted by Crippen LogP contribution is 2.12. The fraction of sp³-hybridized carbons (Fsp3) is 0.167. The van der Waals surface area contributed by atoms with E-state index in [1.165, 1.54) is 12.1 Å². The zero-order valence-corrected chi connectivity index (χ0v) is 9.27. The van der Waals surface area contributed by atoms with Crippen LogP contribution in [0.25, 0.3) is 6.08 Å². The first-order valence-corrected chi connectivity index (χ1v) is 4.98. The van der Waals surface area contributed by atoms with Gasteiger partial charge in [-0.05, 0) is 36.8 Å². The summed E-state index contributed by atoms with van der Waals surface area (Å²) in [6.45, 7) is 1.91. The lowest BCUT2D eigenvalue weighted by Crippen LogP contribution is -2.12. The summed E-state index contributed by atoms with van der Waals surface area (Å²) in [5, 5.41) is 0. The number of hydrogen-bond acceptors (Lipinski definition) is 3. The number of halogens is 1. The van der Waals surface area contributed by atoms with E-state index < -0.39 is 17.7 Å². The molecular formula is C12H12FNO3. The summed E-state index contributed by atoms with van der Waals surface area (Å²) < 4.78 is 17.6. The highest BCUT2D eigenvalue weighted by Gasteiger charge is 2.07. The van der Waals surface area contributed by atoms with Gasteiger partial charge in [0, 0.05) is 11.6 Å². The minimum atomic E-state index is -0.687.